The van der Waals surface area contributed by atoms with E-state index < -0.39 is 0 Å². The fraction of sp³-hybridized carbons (Fsp3) is 0.900. The Morgan fingerprint density at radius 2 is 2.23 bits per heavy atom. The number of piperidine rings is 2. The number of guanidine groups is 1. The van der Waals surface area contributed by atoms with Crippen molar-refractivity contribution in [3.05, 3.63) is 0 Å². The first kappa shape index (κ1) is 19.5. The van der Waals surface area contributed by atoms with E-state index in [1.807, 2.05) is 0 Å². The van der Waals surface area contributed by atoms with Crippen LogP contribution < -0.4 is 10.6 Å². The van der Waals surface area contributed by atoms with E-state index in [0.29, 0.717) is 18.5 Å². The molecule has 1 amide bonds. The number of aliphatic imine (C=N–C) groups is 1. The number of rotatable bonds is 4. The molecule has 3 heterocycles. The molecule has 1 spiro atoms. The van der Waals surface area contributed by atoms with Crippen molar-refractivity contribution in [1.29, 1.82) is 0 Å². The lowest BCUT2D eigenvalue weighted by molar-refractivity contribution is -0.119. The van der Waals surface area contributed by atoms with E-state index in [-0.39, 0.29) is 11.3 Å². The van der Waals surface area contributed by atoms with Gasteiger partial charge in [0.15, 0.2) is 5.96 Å². The first-order valence-corrected chi connectivity index (χ1v) is 10.6. The molecule has 6 nitrogen and oxygen atoms in total. The number of amides is 1. The lowest BCUT2D eigenvalue weighted by atomic mass is 9.79. The Balaban J connectivity index is 1.63. The second-order valence-electron chi connectivity index (χ2n) is 8.60. The normalized spacial score (nSPS) is 32.0. The van der Waals surface area contributed by atoms with Crippen LogP contribution >= 0.6 is 0 Å². The topological polar surface area (TPSA) is 60.0 Å². The molecule has 26 heavy (non-hydrogen) atoms. The smallest absolute Gasteiger partial charge is 0.220 e. The predicted octanol–water partition coefficient (Wildman–Crippen LogP) is 1.82. The van der Waals surface area contributed by atoms with Gasteiger partial charge in [-0.25, -0.2) is 0 Å². The highest BCUT2D eigenvalue weighted by atomic mass is 16.1. The molecular weight excluding hydrogens is 326 g/mol. The standard InChI is InChI=1S/C20H37N5O/c1-4-21-19(22-13-17(3)25-11-6-5-8-16(25)2)24-10-7-9-20(15-24)12-18(26)23-14-20/h16-17H,4-15H2,1-3H3,(H,21,22)(H,23,26). The molecular formula is C20H37N5O. The molecule has 3 aliphatic heterocycles. The van der Waals surface area contributed by atoms with Crippen molar-refractivity contribution < 1.29 is 4.79 Å². The van der Waals surface area contributed by atoms with Crippen LogP contribution in [0.1, 0.15) is 59.3 Å². The third-order valence-corrected chi connectivity index (χ3v) is 6.42. The maximum Gasteiger partial charge on any atom is 0.220 e. The first-order valence-electron chi connectivity index (χ1n) is 10.6. The van der Waals surface area contributed by atoms with Crippen LogP contribution in [0, 0.1) is 5.41 Å². The minimum Gasteiger partial charge on any atom is -0.357 e. The lowest BCUT2D eigenvalue weighted by Gasteiger charge is -2.41. The molecule has 0 radical (unpaired) electrons. The van der Waals surface area contributed by atoms with Crippen LogP contribution in [0.15, 0.2) is 4.99 Å². The van der Waals surface area contributed by atoms with Crippen molar-refractivity contribution in [2.75, 3.05) is 39.3 Å². The van der Waals surface area contributed by atoms with Gasteiger partial charge in [-0.05, 0) is 53.0 Å². The van der Waals surface area contributed by atoms with Gasteiger partial charge in [-0.3, -0.25) is 14.7 Å². The highest BCUT2D eigenvalue weighted by molar-refractivity contribution is 5.81. The minimum atomic E-state index is 0.110. The SMILES string of the molecule is CCNC(=NCC(C)N1CCCCC1C)N1CCCC2(CNC(=O)C2)C1. The van der Waals surface area contributed by atoms with Gasteiger partial charge in [-0.15, -0.1) is 0 Å². The van der Waals surface area contributed by atoms with E-state index in [2.05, 4.69) is 41.2 Å². The second kappa shape index (κ2) is 8.59. The maximum atomic E-state index is 11.8. The average molecular weight is 364 g/mol. The van der Waals surface area contributed by atoms with Crippen molar-refractivity contribution >= 4 is 11.9 Å². The summed E-state index contributed by atoms with van der Waals surface area (Å²) in [6.45, 7) is 12.5. The van der Waals surface area contributed by atoms with Gasteiger partial charge in [0.05, 0.1) is 6.54 Å². The molecule has 6 heteroatoms. The molecule has 0 aromatic carbocycles. The summed E-state index contributed by atoms with van der Waals surface area (Å²) in [6.07, 6.45) is 6.93. The fourth-order valence-electron chi connectivity index (χ4n) is 4.95. The van der Waals surface area contributed by atoms with Gasteiger partial charge in [0, 0.05) is 50.1 Å². The average Bonchev–Trinajstić information content (AvgIpc) is 2.98. The summed E-state index contributed by atoms with van der Waals surface area (Å²) in [6, 6.07) is 1.15. The van der Waals surface area contributed by atoms with Crippen LogP contribution in [0.4, 0.5) is 0 Å². The molecule has 0 aromatic rings. The summed E-state index contributed by atoms with van der Waals surface area (Å²) in [5.74, 6) is 1.24. The summed E-state index contributed by atoms with van der Waals surface area (Å²) in [5, 5.41) is 6.53. The van der Waals surface area contributed by atoms with E-state index in [1.165, 1.54) is 25.8 Å². The van der Waals surface area contributed by atoms with Crippen molar-refractivity contribution in [3.63, 3.8) is 0 Å². The summed E-state index contributed by atoms with van der Waals surface area (Å²) in [5.41, 5.74) is 0.110. The Morgan fingerprint density at radius 1 is 1.38 bits per heavy atom. The van der Waals surface area contributed by atoms with E-state index in [4.69, 9.17) is 4.99 Å². The minimum absolute atomic E-state index is 0.110. The quantitative estimate of drug-likeness (QED) is 0.591. The molecule has 2 N–H and O–H groups in total. The molecule has 0 aliphatic carbocycles. The zero-order chi connectivity index (χ0) is 18.6. The van der Waals surface area contributed by atoms with Crippen LogP contribution in [0.2, 0.25) is 0 Å². The molecule has 3 atom stereocenters. The van der Waals surface area contributed by atoms with E-state index in [9.17, 15) is 4.79 Å². The van der Waals surface area contributed by atoms with Crippen LogP contribution in [-0.4, -0.2) is 73.0 Å². The number of likely N-dealkylation sites (tertiary alicyclic amines) is 2. The van der Waals surface area contributed by atoms with Gasteiger partial charge in [0.25, 0.3) is 0 Å². The first-order chi connectivity index (χ1) is 12.5. The van der Waals surface area contributed by atoms with Gasteiger partial charge >= 0.3 is 0 Å². The maximum absolute atomic E-state index is 11.8. The van der Waals surface area contributed by atoms with E-state index in [0.717, 1.165) is 51.5 Å². The van der Waals surface area contributed by atoms with Crippen LogP contribution in [0.5, 0.6) is 0 Å². The molecule has 148 valence electrons. The summed E-state index contributed by atoms with van der Waals surface area (Å²) >= 11 is 0. The Kier molecular flexibility index (Phi) is 6.43. The zero-order valence-corrected chi connectivity index (χ0v) is 16.9. The van der Waals surface area contributed by atoms with E-state index in [1.54, 1.807) is 0 Å². The monoisotopic (exact) mass is 363 g/mol. The molecule has 0 aromatic heterocycles. The van der Waals surface area contributed by atoms with Crippen molar-refractivity contribution in [1.82, 2.24) is 20.4 Å². The Morgan fingerprint density at radius 3 is 2.92 bits per heavy atom. The number of nitrogens with zero attached hydrogens (tertiary/aromatic N) is 3. The van der Waals surface area contributed by atoms with Crippen LogP contribution in [-0.2, 0) is 4.79 Å². The number of carbonyl (C=O) groups excluding carboxylic acids is 1. The van der Waals surface area contributed by atoms with Gasteiger partial charge in [-0.1, -0.05) is 6.42 Å². The van der Waals surface area contributed by atoms with E-state index >= 15 is 0 Å². The van der Waals surface area contributed by atoms with Gasteiger partial charge in [0.1, 0.15) is 0 Å². The van der Waals surface area contributed by atoms with Crippen LogP contribution in [0.25, 0.3) is 0 Å². The molecule has 0 bridgehead atoms. The number of hydrogen-bond acceptors (Lipinski definition) is 3. The summed E-state index contributed by atoms with van der Waals surface area (Å²) in [4.78, 5) is 21.8. The highest BCUT2D eigenvalue weighted by Crippen LogP contribution is 2.36. The molecule has 0 saturated carbocycles. The number of hydrogen-bond donors (Lipinski definition) is 2. The predicted molar refractivity (Wildman–Crippen MR) is 106 cm³/mol. The molecule has 3 fully saturated rings. The molecule has 3 unspecified atom stereocenters. The largest absolute Gasteiger partial charge is 0.357 e. The van der Waals surface area contributed by atoms with Crippen molar-refractivity contribution in [2.45, 2.75) is 71.4 Å². The van der Waals surface area contributed by atoms with Gasteiger partial charge in [-0.2, -0.15) is 0 Å². The van der Waals surface area contributed by atoms with Crippen molar-refractivity contribution in [2.24, 2.45) is 10.4 Å². The third kappa shape index (κ3) is 4.51. The van der Waals surface area contributed by atoms with Crippen LogP contribution in [0.3, 0.4) is 0 Å². The number of nitrogens with one attached hydrogen (secondary N) is 2. The number of carbonyl (C=O) groups is 1. The Bertz CT molecular complexity index is 522. The highest BCUT2D eigenvalue weighted by Gasteiger charge is 2.42. The summed E-state index contributed by atoms with van der Waals surface area (Å²) in [7, 11) is 0. The molecule has 3 rings (SSSR count). The summed E-state index contributed by atoms with van der Waals surface area (Å²) < 4.78 is 0. The lowest BCUT2D eigenvalue weighted by Crippen LogP contribution is -2.52. The Hall–Kier alpha value is -1.30. The van der Waals surface area contributed by atoms with Gasteiger partial charge < -0.3 is 15.5 Å². The molecule has 3 aliphatic rings. The second-order valence-corrected chi connectivity index (χ2v) is 8.60. The van der Waals surface area contributed by atoms with Crippen molar-refractivity contribution in [3.8, 4) is 0 Å². The fourth-order valence-corrected chi connectivity index (χ4v) is 4.95. The molecule has 3 saturated heterocycles. The third-order valence-electron chi connectivity index (χ3n) is 6.42. The van der Waals surface area contributed by atoms with Gasteiger partial charge in [0.2, 0.25) is 5.91 Å². The Labute approximate surface area is 158 Å². The zero-order valence-electron chi connectivity index (χ0n) is 16.9.